The van der Waals surface area contributed by atoms with Gasteiger partial charge in [0.2, 0.25) is 11.8 Å². The number of nitrogens with one attached hydrogen (secondary N) is 1. The molecule has 3 aromatic carbocycles. The van der Waals surface area contributed by atoms with Crippen LogP contribution >= 0.6 is 23.2 Å². The number of ether oxygens (including phenoxy) is 3. The topological polar surface area (TPSA) is 114 Å². The third-order valence-electron chi connectivity index (χ3n) is 6.81. The number of sulfonamides is 1. The summed E-state index contributed by atoms with van der Waals surface area (Å²) in [5, 5.41) is 3.49. The first-order valence-corrected chi connectivity index (χ1v) is 16.6. The van der Waals surface area contributed by atoms with Gasteiger partial charge in [-0.25, -0.2) is 8.42 Å². The summed E-state index contributed by atoms with van der Waals surface area (Å²) in [7, 11) is -1.51. The lowest BCUT2D eigenvalue weighted by molar-refractivity contribution is -0.140. The van der Waals surface area contributed by atoms with Crippen LogP contribution in [0.2, 0.25) is 10.0 Å². The van der Waals surface area contributed by atoms with Crippen LogP contribution in [0.5, 0.6) is 17.2 Å². The summed E-state index contributed by atoms with van der Waals surface area (Å²) in [4.78, 5) is 28.8. The molecule has 0 saturated carbocycles. The highest BCUT2D eigenvalue weighted by atomic mass is 35.5. The Morgan fingerprint density at radius 2 is 1.56 bits per heavy atom. The van der Waals surface area contributed by atoms with Crippen molar-refractivity contribution in [1.29, 1.82) is 0 Å². The number of nitrogens with zero attached hydrogens (tertiary/aromatic N) is 2. The number of methoxy groups -OCH3 is 2. The van der Waals surface area contributed by atoms with Crippen molar-refractivity contribution in [1.82, 2.24) is 10.2 Å². The molecule has 1 N–H and O–H groups in total. The number of rotatable bonds is 15. The van der Waals surface area contributed by atoms with E-state index in [4.69, 9.17) is 37.4 Å². The second kappa shape index (κ2) is 16.1. The van der Waals surface area contributed by atoms with E-state index in [0.717, 1.165) is 4.31 Å². The van der Waals surface area contributed by atoms with Gasteiger partial charge in [0.15, 0.2) is 11.5 Å². The number of amides is 2. The average Bonchev–Trinajstić information content (AvgIpc) is 3.01. The zero-order valence-corrected chi connectivity index (χ0v) is 28.5. The summed E-state index contributed by atoms with van der Waals surface area (Å²) in [6, 6.07) is 14.4. The minimum absolute atomic E-state index is 0.0206. The SMILES string of the molecule is CCOc1ccc(N(CC(=O)N(Cc2ccc(Cl)c(Cl)c2)[C@@H](CC)C(=O)NC(C)C)S(=O)(=O)c2ccc(OC)c(OC)c2)cc1. The molecule has 0 bridgehead atoms. The largest absolute Gasteiger partial charge is 0.494 e. The average molecular weight is 681 g/mol. The van der Waals surface area contributed by atoms with Crippen molar-refractivity contribution in [2.75, 3.05) is 31.7 Å². The molecular weight excluding hydrogens is 641 g/mol. The van der Waals surface area contributed by atoms with Crippen LogP contribution in [0.25, 0.3) is 0 Å². The molecule has 0 spiro atoms. The first-order valence-electron chi connectivity index (χ1n) is 14.4. The number of hydrogen-bond acceptors (Lipinski definition) is 7. The van der Waals surface area contributed by atoms with Crippen LogP contribution < -0.4 is 23.8 Å². The van der Waals surface area contributed by atoms with E-state index in [2.05, 4.69) is 5.32 Å². The number of anilines is 1. The highest BCUT2D eigenvalue weighted by Crippen LogP contribution is 2.33. The molecule has 0 aromatic heterocycles. The summed E-state index contributed by atoms with van der Waals surface area (Å²) in [6.07, 6.45) is 0.275. The Morgan fingerprint density at radius 1 is 0.889 bits per heavy atom. The fourth-order valence-electron chi connectivity index (χ4n) is 4.64. The Morgan fingerprint density at radius 3 is 2.11 bits per heavy atom. The van der Waals surface area contributed by atoms with Gasteiger partial charge < -0.3 is 24.4 Å². The van der Waals surface area contributed by atoms with Crippen molar-refractivity contribution < 1.29 is 32.2 Å². The van der Waals surface area contributed by atoms with Crippen LogP contribution in [0.4, 0.5) is 5.69 Å². The van der Waals surface area contributed by atoms with Crippen molar-refractivity contribution in [3.05, 3.63) is 76.3 Å². The minimum atomic E-state index is -4.35. The normalized spacial score (nSPS) is 11.9. The van der Waals surface area contributed by atoms with Gasteiger partial charge in [-0.3, -0.25) is 13.9 Å². The number of hydrogen-bond donors (Lipinski definition) is 1. The van der Waals surface area contributed by atoms with Crippen LogP contribution in [0.3, 0.4) is 0 Å². The number of carbonyl (C=O) groups is 2. The standard InChI is InChI=1S/C32H39Cl2N3O7S/c1-7-28(32(39)35-21(3)4)36(19-22-9-15-26(33)27(34)17-22)31(38)20-37(23-10-12-24(13-11-23)44-8-2)45(40,41)25-14-16-29(42-5)30(18-25)43-6/h9-18,21,28H,7-8,19-20H2,1-6H3,(H,35,39)/t28-/m0/s1. The molecule has 45 heavy (non-hydrogen) atoms. The second-order valence-electron chi connectivity index (χ2n) is 10.3. The molecule has 0 heterocycles. The Labute approximate surface area is 275 Å². The first-order chi connectivity index (χ1) is 21.4. The van der Waals surface area contributed by atoms with E-state index in [1.54, 1.807) is 49.4 Å². The van der Waals surface area contributed by atoms with E-state index >= 15 is 0 Å². The lowest BCUT2D eigenvalue weighted by Crippen LogP contribution is -2.53. The predicted octanol–water partition coefficient (Wildman–Crippen LogP) is 5.94. The van der Waals surface area contributed by atoms with E-state index < -0.39 is 28.5 Å². The van der Waals surface area contributed by atoms with Gasteiger partial charge in [-0.05, 0) is 81.3 Å². The Hall–Kier alpha value is -3.67. The maximum absolute atomic E-state index is 14.3. The van der Waals surface area contributed by atoms with E-state index in [9.17, 15) is 18.0 Å². The molecule has 3 rings (SSSR count). The first kappa shape index (κ1) is 35.8. The smallest absolute Gasteiger partial charge is 0.264 e. The van der Waals surface area contributed by atoms with Crippen LogP contribution in [-0.4, -0.2) is 64.6 Å². The molecule has 0 saturated heterocycles. The van der Waals surface area contributed by atoms with Crippen LogP contribution in [0.1, 0.15) is 39.7 Å². The van der Waals surface area contributed by atoms with E-state index in [0.29, 0.717) is 28.7 Å². The van der Waals surface area contributed by atoms with E-state index in [1.807, 2.05) is 20.8 Å². The maximum Gasteiger partial charge on any atom is 0.264 e. The molecule has 0 aliphatic rings. The third-order valence-corrected chi connectivity index (χ3v) is 9.32. The Balaban J connectivity index is 2.13. The van der Waals surface area contributed by atoms with Crippen molar-refractivity contribution in [3.63, 3.8) is 0 Å². The van der Waals surface area contributed by atoms with Crippen LogP contribution in [-0.2, 0) is 26.2 Å². The zero-order valence-electron chi connectivity index (χ0n) is 26.2. The fourth-order valence-corrected chi connectivity index (χ4v) is 6.39. The summed E-state index contributed by atoms with van der Waals surface area (Å²) in [5.74, 6) is 0.110. The zero-order chi connectivity index (χ0) is 33.3. The number of carbonyl (C=O) groups excluding carboxylic acids is 2. The summed E-state index contributed by atoms with van der Waals surface area (Å²) in [6.45, 7) is 7.04. The van der Waals surface area contributed by atoms with Gasteiger partial charge in [0.05, 0.1) is 41.5 Å². The lowest BCUT2D eigenvalue weighted by atomic mass is 10.1. The Kier molecular flexibility index (Phi) is 12.8. The molecule has 13 heteroatoms. The molecule has 0 aliphatic carbocycles. The third kappa shape index (κ3) is 8.96. The predicted molar refractivity (Wildman–Crippen MR) is 176 cm³/mol. The molecule has 0 radical (unpaired) electrons. The van der Waals surface area contributed by atoms with Gasteiger partial charge in [-0.1, -0.05) is 36.2 Å². The summed E-state index contributed by atoms with van der Waals surface area (Å²) >= 11 is 12.4. The van der Waals surface area contributed by atoms with Gasteiger partial charge in [0, 0.05) is 18.7 Å². The molecule has 10 nitrogen and oxygen atoms in total. The number of halogens is 2. The van der Waals surface area contributed by atoms with E-state index in [-0.39, 0.29) is 46.3 Å². The molecule has 1 atom stereocenters. The van der Waals surface area contributed by atoms with Crippen LogP contribution in [0, 0.1) is 0 Å². The molecular formula is C32H39Cl2N3O7S. The maximum atomic E-state index is 14.3. The summed E-state index contributed by atoms with van der Waals surface area (Å²) in [5.41, 5.74) is 0.833. The molecule has 0 aliphatic heterocycles. The van der Waals surface area contributed by atoms with Gasteiger partial charge >= 0.3 is 0 Å². The quantitative estimate of drug-likeness (QED) is 0.212. The van der Waals surface area contributed by atoms with Crippen molar-refractivity contribution in [2.45, 2.75) is 57.6 Å². The lowest BCUT2D eigenvalue weighted by Gasteiger charge is -2.33. The highest BCUT2D eigenvalue weighted by molar-refractivity contribution is 7.92. The van der Waals surface area contributed by atoms with Gasteiger partial charge in [-0.2, -0.15) is 0 Å². The van der Waals surface area contributed by atoms with Crippen molar-refractivity contribution >= 4 is 50.7 Å². The Bertz CT molecular complexity index is 1580. The number of benzene rings is 3. The molecule has 2 amide bonds. The second-order valence-corrected chi connectivity index (χ2v) is 13.0. The van der Waals surface area contributed by atoms with Crippen molar-refractivity contribution in [3.8, 4) is 17.2 Å². The highest BCUT2D eigenvalue weighted by Gasteiger charge is 2.34. The van der Waals surface area contributed by atoms with Crippen LogP contribution in [0.15, 0.2) is 65.6 Å². The fraction of sp³-hybridized carbons (Fsp3) is 0.375. The summed E-state index contributed by atoms with van der Waals surface area (Å²) < 4.78 is 45.6. The molecule has 3 aromatic rings. The van der Waals surface area contributed by atoms with Crippen molar-refractivity contribution in [2.24, 2.45) is 0 Å². The minimum Gasteiger partial charge on any atom is -0.494 e. The molecule has 244 valence electrons. The van der Waals surface area contributed by atoms with Gasteiger partial charge in [-0.15, -0.1) is 0 Å². The van der Waals surface area contributed by atoms with Gasteiger partial charge in [0.25, 0.3) is 10.0 Å². The molecule has 0 fully saturated rings. The monoisotopic (exact) mass is 679 g/mol. The van der Waals surface area contributed by atoms with E-state index in [1.165, 1.54) is 37.3 Å². The molecule has 0 unspecified atom stereocenters. The van der Waals surface area contributed by atoms with Gasteiger partial charge in [0.1, 0.15) is 18.3 Å².